The van der Waals surface area contributed by atoms with Crippen LogP contribution in [0, 0.1) is 5.41 Å². The number of amides is 1. The Balaban J connectivity index is 2.61. The molecule has 0 aliphatic heterocycles. The van der Waals surface area contributed by atoms with Gasteiger partial charge in [0.1, 0.15) is 0 Å². The second kappa shape index (κ2) is 3.81. The van der Waals surface area contributed by atoms with Gasteiger partial charge in [-0.2, -0.15) is 13.2 Å². The molecule has 98 valence electrons. The van der Waals surface area contributed by atoms with Crippen molar-refractivity contribution in [1.82, 2.24) is 5.32 Å². The Morgan fingerprint density at radius 2 is 1.71 bits per heavy atom. The van der Waals surface area contributed by atoms with Gasteiger partial charge in [-0.25, -0.2) is 8.78 Å². The summed E-state index contributed by atoms with van der Waals surface area (Å²) in [6, 6.07) is 0. The summed E-state index contributed by atoms with van der Waals surface area (Å²) in [6.07, 6.45) is -7.31. The minimum absolute atomic E-state index is 0.962. The Bertz CT molecular complexity index is 344. The first-order valence-electron chi connectivity index (χ1n) is 4.45. The Kier molecular flexibility index (Phi) is 3.06. The molecule has 0 spiro atoms. The Hall–Kier alpha value is -1.41. The quantitative estimate of drug-likeness (QED) is 0.749. The van der Waals surface area contributed by atoms with E-state index in [9.17, 15) is 31.5 Å². The second-order valence-electron chi connectivity index (χ2n) is 3.98. The first-order chi connectivity index (χ1) is 7.49. The molecule has 9 heteroatoms. The largest absolute Gasteiger partial charge is 0.481 e. The third-order valence-corrected chi connectivity index (χ3v) is 2.49. The predicted octanol–water partition coefficient (Wildman–Crippen LogP) is 1.16. The summed E-state index contributed by atoms with van der Waals surface area (Å²) < 4.78 is 60.5. The molecule has 0 radical (unpaired) electrons. The van der Waals surface area contributed by atoms with E-state index in [2.05, 4.69) is 0 Å². The van der Waals surface area contributed by atoms with Crippen molar-refractivity contribution in [2.45, 2.75) is 24.9 Å². The van der Waals surface area contributed by atoms with E-state index in [1.54, 1.807) is 0 Å². The molecule has 0 aromatic carbocycles. The molecule has 1 aliphatic rings. The number of rotatable bonds is 3. The lowest BCUT2D eigenvalue weighted by Crippen LogP contribution is -2.57. The van der Waals surface area contributed by atoms with Crippen molar-refractivity contribution in [3.05, 3.63) is 0 Å². The maximum atomic E-state index is 12.6. The van der Waals surface area contributed by atoms with Crippen LogP contribution in [-0.2, 0) is 9.59 Å². The van der Waals surface area contributed by atoms with Crippen molar-refractivity contribution >= 4 is 11.9 Å². The number of carbonyl (C=O) groups is 2. The van der Waals surface area contributed by atoms with Crippen molar-refractivity contribution < 1.29 is 36.6 Å². The van der Waals surface area contributed by atoms with E-state index in [0.717, 1.165) is 0 Å². The van der Waals surface area contributed by atoms with Crippen molar-refractivity contribution in [2.24, 2.45) is 5.41 Å². The van der Waals surface area contributed by atoms with Gasteiger partial charge in [0.15, 0.2) is 0 Å². The molecule has 0 aromatic heterocycles. The monoisotopic (exact) mass is 261 g/mol. The van der Waals surface area contributed by atoms with E-state index in [1.807, 2.05) is 0 Å². The topological polar surface area (TPSA) is 66.4 Å². The van der Waals surface area contributed by atoms with Crippen LogP contribution in [0.4, 0.5) is 22.0 Å². The molecule has 1 aliphatic carbocycles. The second-order valence-corrected chi connectivity index (χ2v) is 3.98. The maximum Gasteiger partial charge on any atom is 0.471 e. The molecular weight excluding hydrogens is 253 g/mol. The number of hydrogen-bond donors (Lipinski definition) is 2. The molecule has 0 heterocycles. The lowest BCUT2D eigenvalue weighted by molar-refractivity contribution is -0.195. The number of halogens is 5. The summed E-state index contributed by atoms with van der Waals surface area (Å²) in [4.78, 5) is 21.1. The minimum atomic E-state index is -5.16. The van der Waals surface area contributed by atoms with E-state index in [-0.39, 0.29) is 0 Å². The number of hydrogen-bond acceptors (Lipinski definition) is 2. The third-order valence-electron chi connectivity index (χ3n) is 2.49. The molecule has 0 saturated heterocycles. The lowest BCUT2D eigenvalue weighted by atomic mass is 9.66. The number of alkyl halides is 5. The van der Waals surface area contributed by atoms with E-state index in [0.29, 0.717) is 0 Å². The third kappa shape index (κ3) is 2.83. The lowest BCUT2D eigenvalue weighted by Gasteiger charge is -2.43. The summed E-state index contributed by atoms with van der Waals surface area (Å²) in [5.41, 5.74) is -2.01. The molecule has 0 bridgehead atoms. The summed E-state index contributed by atoms with van der Waals surface area (Å²) >= 11 is 0. The molecule has 1 rings (SSSR count). The Labute approximate surface area is 91.8 Å². The maximum absolute atomic E-state index is 12.6. The van der Waals surface area contributed by atoms with Gasteiger partial charge in [-0.15, -0.1) is 0 Å². The van der Waals surface area contributed by atoms with E-state index in [1.165, 1.54) is 5.32 Å². The zero-order valence-electron chi connectivity index (χ0n) is 8.27. The molecule has 0 unspecified atom stereocenters. The van der Waals surface area contributed by atoms with Crippen LogP contribution in [-0.4, -0.2) is 35.6 Å². The molecule has 4 nitrogen and oxygen atoms in total. The van der Waals surface area contributed by atoms with E-state index in [4.69, 9.17) is 5.11 Å². The highest BCUT2D eigenvalue weighted by Crippen LogP contribution is 2.51. The van der Waals surface area contributed by atoms with Crippen molar-refractivity contribution in [3.63, 3.8) is 0 Å². The predicted molar refractivity (Wildman–Crippen MR) is 43.3 cm³/mol. The average Bonchev–Trinajstić information content (AvgIpc) is 2.08. The highest BCUT2D eigenvalue weighted by atomic mass is 19.4. The van der Waals surface area contributed by atoms with Crippen LogP contribution in [0.25, 0.3) is 0 Å². The molecule has 0 aromatic rings. The van der Waals surface area contributed by atoms with Gasteiger partial charge in [0.25, 0.3) is 5.92 Å². The molecule has 1 amide bonds. The highest BCUT2D eigenvalue weighted by Gasteiger charge is 2.61. The number of carbonyl (C=O) groups excluding carboxylic acids is 1. The van der Waals surface area contributed by atoms with Crippen LogP contribution >= 0.6 is 0 Å². The zero-order chi connectivity index (χ0) is 13.5. The first kappa shape index (κ1) is 13.7. The highest BCUT2D eigenvalue weighted by molar-refractivity contribution is 5.83. The zero-order valence-corrected chi connectivity index (χ0v) is 8.27. The van der Waals surface area contributed by atoms with Gasteiger partial charge in [0, 0.05) is 19.4 Å². The number of nitrogens with one attached hydrogen (secondary N) is 1. The SMILES string of the molecule is O=C(NCC1(C(=O)O)CC(F)(F)C1)C(F)(F)F. The van der Waals surface area contributed by atoms with E-state index < -0.39 is 48.8 Å². The number of aliphatic carboxylic acids is 1. The Morgan fingerprint density at radius 3 is 2.00 bits per heavy atom. The standard InChI is InChI=1S/C8H8F5NO3/c9-7(10)1-6(2-7,5(16)17)3-14-4(15)8(11,12)13/h1-3H2,(H,14,15)(H,16,17). The molecule has 0 atom stereocenters. The fraction of sp³-hybridized carbons (Fsp3) is 0.750. The Morgan fingerprint density at radius 1 is 1.24 bits per heavy atom. The van der Waals surface area contributed by atoms with Crippen LogP contribution < -0.4 is 5.32 Å². The number of carboxylic acids is 1. The van der Waals surface area contributed by atoms with Crippen LogP contribution in [0.5, 0.6) is 0 Å². The van der Waals surface area contributed by atoms with Gasteiger partial charge >= 0.3 is 18.1 Å². The normalized spacial score (nSPS) is 21.5. The molecule has 1 saturated carbocycles. The van der Waals surface area contributed by atoms with Crippen LogP contribution in [0.2, 0.25) is 0 Å². The van der Waals surface area contributed by atoms with Crippen LogP contribution in [0.15, 0.2) is 0 Å². The summed E-state index contributed by atoms with van der Waals surface area (Å²) in [7, 11) is 0. The fourth-order valence-electron chi connectivity index (χ4n) is 1.64. The van der Waals surface area contributed by atoms with Gasteiger partial charge in [-0.3, -0.25) is 9.59 Å². The molecular formula is C8H8F5NO3. The van der Waals surface area contributed by atoms with Gasteiger partial charge < -0.3 is 10.4 Å². The van der Waals surface area contributed by atoms with Crippen LogP contribution in [0.3, 0.4) is 0 Å². The van der Waals surface area contributed by atoms with Crippen LogP contribution in [0.1, 0.15) is 12.8 Å². The summed E-state index contributed by atoms with van der Waals surface area (Å²) in [6.45, 7) is -0.962. The van der Waals surface area contributed by atoms with Gasteiger partial charge in [0.2, 0.25) is 0 Å². The van der Waals surface area contributed by atoms with Crippen molar-refractivity contribution in [2.75, 3.05) is 6.54 Å². The summed E-state index contributed by atoms with van der Waals surface area (Å²) in [5.74, 6) is -7.19. The van der Waals surface area contributed by atoms with Crippen molar-refractivity contribution in [3.8, 4) is 0 Å². The fourth-order valence-corrected chi connectivity index (χ4v) is 1.64. The molecule has 2 N–H and O–H groups in total. The average molecular weight is 261 g/mol. The minimum Gasteiger partial charge on any atom is -0.481 e. The molecule has 17 heavy (non-hydrogen) atoms. The van der Waals surface area contributed by atoms with Gasteiger partial charge in [0.05, 0.1) is 5.41 Å². The summed E-state index contributed by atoms with van der Waals surface area (Å²) in [5, 5.41) is 9.97. The smallest absolute Gasteiger partial charge is 0.471 e. The number of carboxylic acid groups (broad SMARTS) is 1. The van der Waals surface area contributed by atoms with Gasteiger partial charge in [-0.05, 0) is 0 Å². The van der Waals surface area contributed by atoms with E-state index >= 15 is 0 Å². The van der Waals surface area contributed by atoms with Gasteiger partial charge in [-0.1, -0.05) is 0 Å². The molecule has 1 fully saturated rings. The first-order valence-corrected chi connectivity index (χ1v) is 4.45. The van der Waals surface area contributed by atoms with Crippen molar-refractivity contribution in [1.29, 1.82) is 0 Å².